The van der Waals surface area contributed by atoms with E-state index in [9.17, 15) is 0 Å². The molecule has 0 unspecified atom stereocenters. The molecule has 0 aliphatic carbocycles. The van der Waals surface area contributed by atoms with Gasteiger partial charge in [-0.15, -0.1) is 0 Å². The van der Waals surface area contributed by atoms with Crippen molar-refractivity contribution in [3.8, 4) is 11.6 Å². The molecule has 0 radical (unpaired) electrons. The number of likely N-dealkylation sites (N-methyl/N-ethyl adjacent to an activating group) is 1. The third-order valence-corrected chi connectivity index (χ3v) is 4.78. The number of aromatic nitrogens is 2. The number of aryl methyl sites for hydroxylation is 1. The summed E-state index contributed by atoms with van der Waals surface area (Å²) in [7, 11) is 5.48. The van der Waals surface area contributed by atoms with Crippen LogP contribution in [0.3, 0.4) is 0 Å². The zero-order chi connectivity index (χ0) is 16.9. The summed E-state index contributed by atoms with van der Waals surface area (Å²) in [6.07, 6.45) is 4.51. The molecular formula is C18H28N4O2. The Hall–Kier alpha value is -1.79. The van der Waals surface area contributed by atoms with E-state index in [-0.39, 0.29) is 0 Å². The van der Waals surface area contributed by atoms with Gasteiger partial charge in [0.15, 0.2) is 5.75 Å². The number of hydrogen-bond acceptors (Lipinski definition) is 5. The molecule has 2 aromatic rings. The Balaban J connectivity index is 1.63. The number of fused-ring (bicyclic) bond motifs is 1. The summed E-state index contributed by atoms with van der Waals surface area (Å²) >= 11 is 0. The summed E-state index contributed by atoms with van der Waals surface area (Å²) in [5.41, 5.74) is 2.05. The first-order valence-electron chi connectivity index (χ1n) is 8.70. The number of hydrogen-bond donors (Lipinski definition) is 0. The maximum Gasteiger partial charge on any atom is 0.257 e. The van der Waals surface area contributed by atoms with Gasteiger partial charge in [0.2, 0.25) is 0 Å². The second-order valence-electron chi connectivity index (χ2n) is 6.47. The van der Waals surface area contributed by atoms with E-state index < -0.39 is 0 Å². The minimum absolute atomic E-state index is 0.538. The monoisotopic (exact) mass is 332 g/mol. The normalized spacial score (nSPS) is 17.1. The van der Waals surface area contributed by atoms with Crippen LogP contribution in [0.2, 0.25) is 0 Å². The Kier molecular flexibility index (Phi) is 5.58. The maximum absolute atomic E-state index is 5.38. The van der Waals surface area contributed by atoms with Crippen LogP contribution in [0, 0.1) is 0 Å². The number of pyridine rings is 1. The molecule has 2 aromatic heterocycles. The molecule has 0 bridgehead atoms. The first kappa shape index (κ1) is 17.0. The zero-order valence-electron chi connectivity index (χ0n) is 15.0. The SMILES string of the molecule is COc1cc2c(ccn2CCCN2CCCN(C)CC2)nc1OC. The van der Waals surface area contributed by atoms with E-state index in [1.807, 2.05) is 12.1 Å². The fourth-order valence-electron chi connectivity index (χ4n) is 3.35. The molecule has 1 fully saturated rings. The van der Waals surface area contributed by atoms with Gasteiger partial charge in [-0.1, -0.05) is 0 Å². The second kappa shape index (κ2) is 7.85. The molecule has 6 heteroatoms. The van der Waals surface area contributed by atoms with E-state index in [1.165, 1.54) is 32.6 Å². The van der Waals surface area contributed by atoms with Gasteiger partial charge < -0.3 is 23.8 Å². The molecule has 1 aliphatic heterocycles. The maximum atomic E-state index is 5.38. The van der Waals surface area contributed by atoms with Crippen molar-refractivity contribution in [2.24, 2.45) is 0 Å². The van der Waals surface area contributed by atoms with Gasteiger partial charge in [-0.2, -0.15) is 0 Å². The molecule has 0 atom stereocenters. The summed E-state index contributed by atoms with van der Waals surface area (Å²) in [5, 5.41) is 0. The van der Waals surface area contributed by atoms with Crippen LogP contribution in [0.5, 0.6) is 11.6 Å². The quantitative estimate of drug-likeness (QED) is 0.810. The molecule has 1 aliphatic rings. The molecule has 0 saturated carbocycles. The topological polar surface area (TPSA) is 42.8 Å². The Morgan fingerprint density at radius 3 is 2.75 bits per heavy atom. The molecular weight excluding hydrogens is 304 g/mol. The fourth-order valence-corrected chi connectivity index (χ4v) is 3.35. The van der Waals surface area contributed by atoms with Crippen LogP contribution in [-0.4, -0.2) is 73.3 Å². The minimum atomic E-state index is 0.538. The summed E-state index contributed by atoms with van der Waals surface area (Å²) < 4.78 is 12.9. The fraction of sp³-hybridized carbons (Fsp3) is 0.611. The van der Waals surface area contributed by atoms with Gasteiger partial charge >= 0.3 is 0 Å². The van der Waals surface area contributed by atoms with Crippen molar-refractivity contribution in [3.63, 3.8) is 0 Å². The molecule has 0 spiro atoms. The highest BCUT2D eigenvalue weighted by Gasteiger charge is 2.13. The molecule has 6 nitrogen and oxygen atoms in total. The van der Waals surface area contributed by atoms with Gasteiger partial charge in [0.05, 0.1) is 25.3 Å². The Bertz CT molecular complexity index is 670. The molecule has 132 valence electrons. The molecule has 0 amide bonds. The predicted molar refractivity (Wildman–Crippen MR) is 96.0 cm³/mol. The lowest BCUT2D eigenvalue weighted by atomic mass is 10.3. The summed E-state index contributed by atoms with van der Waals surface area (Å²) in [6, 6.07) is 4.06. The van der Waals surface area contributed by atoms with Crippen LogP contribution >= 0.6 is 0 Å². The van der Waals surface area contributed by atoms with Crippen molar-refractivity contribution < 1.29 is 9.47 Å². The van der Waals surface area contributed by atoms with E-state index in [4.69, 9.17) is 9.47 Å². The molecule has 3 rings (SSSR count). The van der Waals surface area contributed by atoms with Crippen molar-refractivity contribution in [1.82, 2.24) is 19.4 Å². The van der Waals surface area contributed by atoms with Crippen molar-refractivity contribution in [1.29, 1.82) is 0 Å². The van der Waals surface area contributed by atoms with Crippen LogP contribution in [-0.2, 0) is 6.54 Å². The lowest BCUT2D eigenvalue weighted by Crippen LogP contribution is -2.30. The summed E-state index contributed by atoms with van der Waals surface area (Å²) in [6.45, 7) is 6.92. The predicted octanol–water partition coefficient (Wildman–Crippen LogP) is 2.08. The number of ether oxygens (including phenoxy) is 2. The van der Waals surface area contributed by atoms with Crippen LogP contribution in [0.25, 0.3) is 11.0 Å². The first-order chi connectivity index (χ1) is 11.7. The van der Waals surface area contributed by atoms with E-state index in [0.29, 0.717) is 11.6 Å². The molecule has 3 heterocycles. The largest absolute Gasteiger partial charge is 0.491 e. The third kappa shape index (κ3) is 3.82. The average Bonchev–Trinajstić information content (AvgIpc) is 2.87. The van der Waals surface area contributed by atoms with Gasteiger partial charge in [-0.05, 0) is 45.6 Å². The van der Waals surface area contributed by atoms with Crippen LogP contribution < -0.4 is 9.47 Å². The lowest BCUT2D eigenvalue weighted by molar-refractivity contribution is 0.269. The number of nitrogens with zero attached hydrogens (tertiary/aromatic N) is 4. The molecule has 24 heavy (non-hydrogen) atoms. The van der Waals surface area contributed by atoms with Gasteiger partial charge in [-0.25, -0.2) is 4.98 Å². The number of rotatable bonds is 6. The van der Waals surface area contributed by atoms with Gasteiger partial charge in [-0.3, -0.25) is 0 Å². The van der Waals surface area contributed by atoms with Crippen LogP contribution in [0.15, 0.2) is 18.3 Å². The summed E-state index contributed by atoms with van der Waals surface area (Å²) in [4.78, 5) is 9.52. The average molecular weight is 332 g/mol. The van der Waals surface area contributed by atoms with Crippen LogP contribution in [0.4, 0.5) is 0 Å². The Morgan fingerprint density at radius 2 is 1.96 bits per heavy atom. The van der Waals surface area contributed by atoms with Crippen LogP contribution in [0.1, 0.15) is 12.8 Å². The highest BCUT2D eigenvalue weighted by Crippen LogP contribution is 2.29. The van der Waals surface area contributed by atoms with E-state index in [0.717, 1.165) is 30.5 Å². The zero-order valence-corrected chi connectivity index (χ0v) is 15.0. The molecule has 1 saturated heterocycles. The molecule has 0 aromatic carbocycles. The van der Waals surface area contributed by atoms with Gasteiger partial charge in [0, 0.05) is 31.9 Å². The van der Waals surface area contributed by atoms with Crippen molar-refractivity contribution in [2.45, 2.75) is 19.4 Å². The highest BCUT2D eigenvalue weighted by molar-refractivity contribution is 5.78. The third-order valence-electron chi connectivity index (χ3n) is 4.78. The van der Waals surface area contributed by atoms with E-state index in [1.54, 1.807) is 14.2 Å². The van der Waals surface area contributed by atoms with Crippen molar-refractivity contribution in [3.05, 3.63) is 18.3 Å². The number of methoxy groups -OCH3 is 2. The minimum Gasteiger partial charge on any atom is -0.491 e. The summed E-state index contributed by atoms with van der Waals surface area (Å²) in [5.74, 6) is 1.22. The molecule has 0 N–H and O–H groups in total. The lowest BCUT2D eigenvalue weighted by Gasteiger charge is -2.20. The van der Waals surface area contributed by atoms with E-state index in [2.05, 4.69) is 32.6 Å². The standard InChI is InChI=1S/C18H28N4O2/c1-20-7-4-8-21(13-12-20)9-5-10-22-11-6-15-16(22)14-17(23-2)18(19-15)24-3/h6,11,14H,4-5,7-10,12-13H2,1-3H3. The van der Waals surface area contributed by atoms with E-state index >= 15 is 0 Å². The van der Waals surface area contributed by atoms with Gasteiger partial charge in [0.25, 0.3) is 5.88 Å². The smallest absolute Gasteiger partial charge is 0.257 e. The van der Waals surface area contributed by atoms with Crippen molar-refractivity contribution in [2.75, 3.05) is 54.0 Å². The Labute approximate surface area is 144 Å². The first-order valence-corrected chi connectivity index (χ1v) is 8.70. The highest BCUT2D eigenvalue weighted by atomic mass is 16.5. The Morgan fingerprint density at radius 1 is 1.08 bits per heavy atom. The van der Waals surface area contributed by atoms with Crippen molar-refractivity contribution >= 4 is 11.0 Å². The van der Waals surface area contributed by atoms with Gasteiger partial charge in [0.1, 0.15) is 0 Å². The second-order valence-corrected chi connectivity index (χ2v) is 6.47.